The molecule has 0 saturated carbocycles. The first-order chi connectivity index (χ1) is 10.8. The first-order valence-electron chi connectivity index (χ1n) is 7.00. The van der Waals surface area contributed by atoms with Crippen molar-refractivity contribution in [3.05, 3.63) is 0 Å². The molecule has 0 amide bonds. The lowest BCUT2D eigenvalue weighted by Crippen LogP contribution is -2.51. The van der Waals surface area contributed by atoms with Gasteiger partial charge in [-0.25, -0.2) is 0 Å². The van der Waals surface area contributed by atoms with Gasteiger partial charge in [0.05, 0.1) is 19.8 Å². The third-order valence-electron chi connectivity index (χ3n) is 3.60. The minimum atomic E-state index is -1.84. The van der Waals surface area contributed by atoms with Crippen LogP contribution in [0.3, 0.4) is 0 Å². The summed E-state index contributed by atoms with van der Waals surface area (Å²) >= 11 is 0. The molecule has 0 aromatic carbocycles. The minimum Gasteiger partial charge on any atom is -0.394 e. The second kappa shape index (κ2) is 9.15. The number of aliphatic hydroxyl groups excluding tert-OH is 9. The standard InChI is InChI=1S/C12H24O11/c13-1-4(16)7(19)10(5(17)2-14)22-12-9(21)8(20)11(23-12)6(18)3-15/h4-21H,1-3H2/t4-,5-,6+,7-,8-,9-,10-,11+,12-/m1/s1. The average molecular weight is 344 g/mol. The summed E-state index contributed by atoms with van der Waals surface area (Å²) in [5.41, 5.74) is 0. The molecule has 0 bridgehead atoms. The Kier molecular flexibility index (Phi) is 8.20. The molecule has 0 radical (unpaired) electrons. The van der Waals surface area contributed by atoms with E-state index >= 15 is 0 Å². The van der Waals surface area contributed by atoms with E-state index in [0.29, 0.717) is 0 Å². The van der Waals surface area contributed by atoms with Crippen LogP contribution < -0.4 is 0 Å². The molecule has 0 aliphatic carbocycles. The molecule has 1 rings (SSSR count). The molecule has 11 heteroatoms. The lowest BCUT2D eigenvalue weighted by Gasteiger charge is -2.31. The smallest absolute Gasteiger partial charge is 0.187 e. The summed E-state index contributed by atoms with van der Waals surface area (Å²) in [4.78, 5) is 0. The van der Waals surface area contributed by atoms with Gasteiger partial charge in [0.15, 0.2) is 6.29 Å². The second-order valence-electron chi connectivity index (χ2n) is 5.29. The Balaban J connectivity index is 2.83. The first kappa shape index (κ1) is 20.6. The van der Waals surface area contributed by atoms with E-state index in [9.17, 15) is 30.6 Å². The highest BCUT2D eigenvalue weighted by molar-refractivity contribution is 4.92. The Morgan fingerprint density at radius 3 is 1.87 bits per heavy atom. The lowest BCUT2D eigenvalue weighted by atomic mass is 10.0. The van der Waals surface area contributed by atoms with Crippen LogP contribution in [0, 0.1) is 0 Å². The van der Waals surface area contributed by atoms with Crippen molar-refractivity contribution in [1.82, 2.24) is 0 Å². The Labute approximate surface area is 131 Å². The van der Waals surface area contributed by atoms with Gasteiger partial charge >= 0.3 is 0 Å². The van der Waals surface area contributed by atoms with Crippen LogP contribution in [0.2, 0.25) is 0 Å². The van der Waals surface area contributed by atoms with Crippen LogP contribution in [0.15, 0.2) is 0 Å². The molecular formula is C12H24O11. The molecule has 0 aromatic rings. The summed E-state index contributed by atoms with van der Waals surface area (Å²) in [7, 11) is 0. The summed E-state index contributed by atoms with van der Waals surface area (Å²) in [6.07, 6.45) is -14.7. The highest BCUT2D eigenvalue weighted by Gasteiger charge is 2.48. The number of hydrogen-bond donors (Lipinski definition) is 9. The fourth-order valence-electron chi connectivity index (χ4n) is 2.19. The zero-order valence-electron chi connectivity index (χ0n) is 12.2. The quantitative estimate of drug-likeness (QED) is 0.193. The Morgan fingerprint density at radius 2 is 1.39 bits per heavy atom. The highest BCUT2D eigenvalue weighted by Crippen LogP contribution is 2.27. The molecule has 1 aliphatic heterocycles. The van der Waals surface area contributed by atoms with Crippen LogP contribution in [-0.2, 0) is 9.47 Å². The van der Waals surface area contributed by atoms with Crippen LogP contribution in [0.1, 0.15) is 0 Å². The molecule has 0 aromatic heterocycles. The number of ether oxygens (including phenoxy) is 2. The molecule has 138 valence electrons. The van der Waals surface area contributed by atoms with Crippen molar-refractivity contribution in [3.8, 4) is 0 Å². The predicted octanol–water partition coefficient (Wildman–Crippen LogP) is -5.76. The van der Waals surface area contributed by atoms with Gasteiger partial charge in [0, 0.05) is 0 Å². The molecule has 23 heavy (non-hydrogen) atoms. The van der Waals surface area contributed by atoms with Gasteiger partial charge in [-0.15, -0.1) is 0 Å². The molecule has 11 nitrogen and oxygen atoms in total. The van der Waals surface area contributed by atoms with Crippen molar-refractivity contribution in [3.63, 3.8) is 0 Å². The molecule has 0 spiro atoms. The van der Waals surface area contributed by atoms with Gasteiger partial charge in [0.25, 0.3) is 0 Å². The van der Waals surface area contributed by atoms with E-state index in [-0.39, 0.29) is 0 Å². The Morgan fingerprint density at radius 1 is 0.826 bits per heavy atom. The molecule has 9 atom stereocenters. The predicted molar refractivity (Wildman–Crippen MR) is 70.8 cm³/mol. The van der Waals surface area contributed by atoms with Crippen molar-refractivity contribution in [1.29, 1.82) is 0 Å². The van der Waals surface area contributed by atoms with E-state index in [1.165, 1.54) is 0 Å². The molecule has 0 unspecified atom stereocenters. The van der Waals surface area contributed by atoms with Crippen molar-refractivity contribution < 1.29 is 55.4 Å². The van der Waals surface area contributed by atoms with E-state index in [1.54, 1.807) is 0 Å². The van der Waals surface area contributed by atoms with Gasteiger partial charge in [-0.05, 0) is 0 Å². The summed E-state index contributed by atoms with van der Waals surface area (Å²) in [6, 6.07) is 0. The maximum Gasteiger partial charge on any atom is 0.187 e. The molecule has 1 heterocycles. The minimum absolute atomic E-state index is 0.754. The molecule has 1 fully saturated rings. The molecule has 1 aliphatic rings. The van der Waals surface area contributed by atoms with Gasteiger partial charge in [0.1, 0.15) is 48.8 Å². The fraction of sp³-hybridized carbons (Fsp3) is 1.00. The van der Waals surface area contributed by atoms with Crippen LogP contribution in [0.25, 0.3) is 0 Å². The number of aliphatic hydroxyl groups is 9. The normalized spacial score (nSPS) is 34.8. The Bertz CT molecular complexity index is 343. The number of hydrogen-bond acceptors (Lipinski definition) is 11. The summed E-state index contributed by atoms with van der Waals surface area (Å²) in [5, 5.41) is 84.6. The molecule has 9 N–H and O–H groups in total. The van der Waals surface area contributed by atoms with E-state index in [0.717, 1.165) is 0 Å². The van der Waals surface area contributed by atoms with Crippen LogP contribution >= 0.6 is 0 Å². The molecule has 1 saturated heterocycles. The SMILES string of the molecule is OC[C@@H](O)[C@@H](O)[C@H](O[C@@H]1O[C@@H]([C@@H](O)CO)[C@H](O)[C@H]1O)[C@H](O)CO. The van der Waals surface area contributed by atoms with Crippen molar-refractivity contribution in [2.45, 2.75) is 55.1 Å². The van der Waals surface area contributed by atoms with Crippen LogP contribution in [0.4, 0.5) is 0 Å². The Hall–Kier alpha value is -0.440. The molecular weight excluding hydrogens is 320 g/mol. The largest absolute Gasteiger partial charge is 0.394 e. The average Bonchev–Trinajstić information content (AvgIpc) is 2.85. The topological polar surface area (TPSA) is 201 Å². The highest BCUT2D eigenvalue weighted by atomic mass is 16.7. The maximum atomic E-state index is 9.82. The zero-order chi connectivity index (χ0) is 17.7. The second-order valence-corrected chi connectivity index (χ2v) is 5.29. The summed E-state index contributed by atoms with van der Waals surface area (Å²) in [6.45, 7) is -2.48. The van der Waals surface area contributed by atoms with Gasteiger partial charge in [-0.3, -0.25) is 0 Å². The van der Waals surface area contributed by atoms with E-state index in [4.69, 9.17) is 24.8 Å². The lowest BCUT2D eigenvalue weighted by molar-refractivity contribution is -0.248. The summed E-state index contributed by atoms with van der Waals surface area (Å²) in [5.74, 6) is 0. The monoisotopic (exact) mass is 344 g/mol. The van der Waals surface area contributed by atoms with Gasteiger partial charge in [-0.2, -0.15) is 0 Å². The van der Waals surface area contributed by atoms with Crippen LogP contribution in [-0.4, -0.2) is 121 Å². The van der Waals surface area contributed by atoms with Crippen molar-refractivity contribution >= 4 is 0 Å². The van der Waals surface area contributed by atoms with Gasteiger partial charge in [0.2, 0.25) is 0 Å². The third-order valence-corrected chi connectivity index (χ3v) is 3.60. The van der Waals surface area contributed by atoms with E-state index < -0.39 is 74.9 Å². The van der Waals surface area contributed by atoms with Gasteiger partial charge < -0.3 is 55.4 Å². The number of rotatable bonds is 9. The third kappa shape index (κ3) is 4.78. The van der Waals surface area contributed by atoms with E-state index in [2.05, 4.69) is 0 Å². The van der Waals surface area contributed by atoms with E-state index in [1.807, 2.05) is 0 Å². The fourth-order valence-corrected chi connectivity index (χ4v) is 2.19. The van der Waals surface area contributed by atoms with Crippen LogP contribution in [0.5, 0.6) is 0 Å². The zero-order valence-corrected chi connectivity index (χ0v) is 12.2. The van der Waals surface area contributed by atoms with Gasteiger partial charge in [-0.1, -0.05) is 0 Å². The van der Waals surface area contributed by atoms with Crippen molar-refractivity contribution in [2.24, 2.45) is 0 Å². The first-order valence-corrected chi connectivity index (χ1v) is 7.00. The maximum absolute atomic E-state index is 9.82. The van der Waals surface area contributed by atoms with Crippen molar-refractivity contribution in [2.75, 3.05) is 19.8 Å². The summed E-state index contributed by atoms with van der Waals surface area (Å²) < 4.78 is 10.1.